The van der Waals surface area contributed by atoms with E-state index in [1.807, 2.05) is 0 Å². The van der Waals surface area contributed by atoms with E-state index in [0.29, 0.717) is 0 Å². The van der Waals surface area contributed by atoms with E-state index in [1.54, 1.807) is 0 Å². The predicted octanol–water partition coefficient (Wildman–Crippen LogP) is 17.8. The van der Waals surface area contributed by atoms with E-state index in [4.69, 9.17) is 4.42 Å². The molecule has 1 aromatic heterocycles. The third kappa shape index (κ3) is 5.98. The summed E-state index contributed by atoms with van der Waals surface area (Å²) in [7, 11) is 0. The Morgan fingerprint density at radius 3 is 1.21 bits per heavy atom. The van der Waals surface area contributed by atoms with Crippen molar-refractivity contribution in [2.45, 2.75) is 33.1 Å². The van der Waals surface area contributed by atoms with Gasteiger partial charge in [0.1, 0.15) is 11.2 Å². The molecule has 68 heavy (non-hydrogen) atoms. The Balaban J connectivity index is 1.19. The summed E-state index contributed by atoms with van der Waals surface area (Å²) in [5.41, 5.74) is 24.6. The monoisotopic (exact) mass is 872 g/mol. The number of hydrogen-bond acceptors (Lipinski definition) is 3. The summed E-state index contributed by atoms with van der Waals surface area (Å²) in [5, 5.41) is 2.25. The summed E-state index contributed by atoms with van der Waals surface area (Å²) < 4.78 is 7.03. The van der Waals surface area contributed by atoms with Gasteiger partial charge in [-0.1, -0.05) is 162 Å². The first-order valence-corrected chi connectivity index (χ1v) is 23.7. The summed E-state index contributed by atoms with van der Waals surface area (Å²) in [6, 6.07) is 81.4. The Labute approximate surface area is 397 Å². The zero-order valence-electron chi connectivity index (χ0n) is 38.6. The van der Waals surface area contributed by atoms with Gasteiger partial charge in [-0.2, -0.15) is 0 Å². The van der Waals surface area contributed by atoms with E-state index in [1.165, 1.54) is 72.3 Å². The van der Waals surface area contributed by atoms with E-state index in [9.17, 15) is 0 Å². The number of furan rings is 1. The number of para-hydroxylation sites is 1. The molecule has 324 valence electrons. The highest BCUT2D eigenvalue weighted by molar-refractivity contribution is 6.13. The molecular weight excluding hydrogens is 825 g/mol. The molecule has 0 bridgehead atoms. The molecule has 2 aliphatic rings. The smallest absolute Gasteiger partial charge is 0.143 e. The van der Waals surface area contributed by atoms with E-state index in [-0.39, 0.29) is 0 Å². The fourth-order valence-corrected chi connectivity index (χ4v) is 11.3. The molecule has 0 radical (unpaired) electrons. The van der Waals surface area contributed by atoms with Crippen LogP contribution in [-0.2, 0) is 5.41 Å². The minimum Gasteiger partial charge on any atom is -0.455 e. The lowest BCUT2D eigenvalue weighted by Crippen LogP contribution is -2.30. The van der Waals surface area contributed by atoms with Crippen molar-refractivity contribution in [3.63, 3.8) is 0 Å². The number of aryl methyl sites for hydroxylation is 4. The Bertz CT molecular complexity index is 3510. The molecule has 2 aliphatic carbocycles. The van der Waals surface area contributed by atoms with Crippen LogP contribution in [0.4, 0.5) is 34.1 Å². The number of fused-ring (bicyclic) bond motifs is 16. The van der Waals surface area contributed by atoms with Crippen molar-refractivity contribution in [2.24, 2.45) is 0 Å². The Morgan fingerprint density at radius 2 is 0.721 bits per heavy atom. The minimum atomic E-state index is -0.798. The van der Waals surface area contributed by atoms with E-state index in [0.717, 1.165) is 61.6 Å². The largest absolute Gasteiger partial charge is 0.455 e. The second-order valence-electron chi connectivity index (χ2n) is 18.8. The zero-order chi connectivity index (χ0) is 45.7. The molecule has 1 heterocycles. The van der Waals surface area contributed by atoms with Gasteiger partial charge in [-0.05, 0) is 157 Å². The topological polar surface area (TPSA) is 19.6 Å². The first kappa shape index (κ1) is 39.9. The maximum atomic E-state index is 7.03. The molecule has 0 amide bonds. The lowest BCUT2D eigenvalue weighted by atomic mass is 9.65. The summed E-state index contributed by atoms with van der Waals surface area (Å²) in [6.45, 7) is 8.62. The van der Waals surface area contributed by atoms with Crippen LogP contribution in [0.2, 0.25) is 0 Å². The fourth-order valence-electron chi connectivity index (χ4n) is 11.3. The third-order valence-electron chi connectivity index (χ3n) is 14.6. The average Bonchev–Trinajstić information content (AvgIpc) is 3.87. The summed E-state index contributed by atoms with van der Waals surface area (Å²) in [5.74, 6) is 0. The molecule has 0 saturated carbocycles. The van der Waals surface area contributed by atoms with Crippen LogP contribution in [0.15, 0.2) is 223 Å². The molecule has 11 aromatic rings. The Morgan fingerprint density at radius 1 is 0.309 bits per heavy atom. The van der Waals surface area contributed by atoms with Gasteiger partial charge < -0.3 is 14.2 Å². The van der Waals surface area contributed by atoms with Gasteiger partial charge in [-0.15, -0.1) is 0 Å². The molecule has 3 heteroatoms. The van der Waals surface area contributed by atoms with Crippen LogP contribution in [0.1, 0.15) is 44.5 Å². The molecule has 1 spiro atoms. The highest BCUT2D eigenvalue weighted by Crippen LogP contribution is 2.64. The quantitative estimate of drug-likeness (QED) is 0.166. The lowest BCUT2D eigenvalue weighted by molar-refractivity contribution is 0.669. The van der Waals surface area contributed by atoms with Crippen molar-refractivity contribution in [3.05, 3.63) is 263 Å². The van der Waals surface area contributed by atoms with E-state index in [2.05, 4.69) is 256 Å². The SMILES string of the molecule is Cc1ccc(N(c2ccc(C)cc2)c2ccc3c(c2)C2(c4cc(N(c5ccc(C)cc5)c5ccc(C)cc5)ccc4-c4ccccc4-3)c3ccccc3-c3c2ccc2c3oc3ccccc32)cc1. The number of nitrogens with zero attached hydrogens (tertiary/aromatic N) is 2. The van der Waals surface area contributed by atoms with Gasteiger partial charge in [0.05, 0.1) is 5.41 Å². The standard InChI is InChI=1S/C65H48N2O/c1-41-17-25-45(26-18-41)66(46-27-19-42(2)20-28-46)49-33-35-53-51-11-5-6-12-52(51)54-36-34-50(67(47-29-21-43(3)22-30-47)48-31-23-44(4)24-32-48)40-61(54)65(60(53)39-49)58-15-9-7-14-57(58)63-59(65)38-37-56-55-13-8-10-16-62(55)68-64(56)63/h5-40H,1-4H3. The Kier molecular flexibility index (Phi) is 9.00. The number of benzene rings is 10. The highest BCUT2D eigenvalue weighted by atomic mass is 16.3. The first-order valence-electron chi connectivity index (χ1n) is 23.7. The lowest BCUT2D eigenvalue weighted by Gasteiger charge is -2.37. The third-order valence-corrected chi connectivity index (χ3v) is 14.6. The van der Waals surface area contributed by atoms with Crippen LogP contribution < -0.4 is 9.80 Å². The van der Waals surface area contributed by atoms with Crippen LogP contribution >= 0.6 is 0 Å². The molecule has 0 atom stereocenters. The minimum absolute atomic E-state index is 0.798. The normalized spacial score (nSPS) is 12.8. The van der Waals surface area contributed by atoms with E-state index >= 15 is 0 Å². The molecule has 0 unspecified atom stereocenters. The maximum absolute atomic E-state index is 7.03. The van der Waals surface area contributed by atoms with Crippen molar-refractivity contribution in [1.29, 1.82) is 0 Å². The summed E-state index contributed by atoms with van der Waals surface area (Å²) >= 11 is 0. The van der Waals surface area contributed by atoms with Crippen molar-refractivity contribution in [2.75, 3.05) is 9.80 Å². The van der Waals surface area contributed by atoms with Crippen molar-refractivity contribution in [3.8, 4) is 33.4 Å². The molecule has 0 saturated heterocycles. The number of anilines is 6. The number of hydrogen-bond donors (Lipinski definition) is 0. The van der Waals surface area contributed by atoms with Gasteiger partial charge in [0.15, 0.2) is 0 Å². The van der Waals surface area contributed by atoms with Crippen LogP contribution in [-0.4, -0.2) is 0 Å². The van der Waals surface area contributed by atoms with Gasteiger partial charge in [0.2, 0.25) is 0 Å². The second kappa shape index (κ2) is 15.3. The van der Waals surface area contributed by atoms with Crippen molar-refractivity contribution >= 4 is 56.1 Å². The molecule has 0 fully saturated rings. The summed E-state index contributed by atoms with van der Waals surface area (Å²) in [6.07, 6.45) is 0. The summed E-state index contributed by atoms with van der Waals surface area (Å²) in [4.78, 5) is 4.84. The molecule has 3 nitrogen and oxygen atoms in total. The maximum Gasteiger partial charge on any atom is 0.143 e. The second-order valence-corrected chi connectivity index (χ2v) is 18.8. The van der Waals surface area contributed by atoms with E-state index < -0.39 is 5.41 Å². The van der Waals surface area contributed by atoms with Gasteiger partial charge in [-0.3, -0.25) is 0 Å². The Hall–Kier alpha value is -8.40. The van der Waals surface area contributed by atoms with Gasteiger partial charge >= 0.3 is 0 Å². The molecule has 0 aliphatic heterocycles. The van der Waals surface area contributed by atoms with Crippen LogP contribution in [0, 0.1) is 27.7 Å². The predicted molar refractivity (Wildman–Crippen MR) is 284 cm³/mol. The van der Waals surface area contributed by atoms with Crippen molar-refractivity contribution < 1.29 is 4.42 Å². The van der Waals surface area contributed by atoms with Gasteiger partial charge in [0, 0.05) is 50.5 Å². The highest BCUT2D eigenvalue weighted by Gasteiger charge is 2.51. The van der Waals surface area contributed by atoms with Crippen LogP contribution in [0.5, 0.6) is 0 Å². The first-order chi connectivity index (χ1) is 33.3. The molecule has 10 aromatic carbocycles. The average molecular weight is 873 g/mol. The fraction of sp³-hybridized carbons (Fsp3) is 0.0769. The van der Waals surface area contributed by atoms with Crippen molar-refractivity contribution in [1.82, 2.24) is 0 Å². The molecular formula is C65H48N2O. The molecule has 13 rings (SSSR count). The zero-order valence-corrected chi connectivity index (χ0v) is 38.6. The molecule has 0 N–H and O–H groups in total. The number of rotatable bonds is 6. The van der Waals surface area contributed by atoms with Gasteiger partial charge in [0.25, 0.3) is 0 Å². The van der Waals surface area contributed by atoms with Crippen LogP contribution in [0.3, 0.4) is 0 Å². The van der Waals surface area contributed by atoms with Gasteiger partial charge in [-0.25, -0.2) is 0 Å². The van der Waals surface area contributed by atoms with Crippen LogP contribution in [0.25, 0.3) is 55.3 Å².